The van der Waals surface area contributed by atoms with E-state index in [4.69, 9.17) is 15.7 Å². The van der Waals surface area contributed by atoms with Crippen molar-refractivity contribution < 1.29 is 9.94 Å². The molecule has 6 nitrogen and oxygen atoms in total. The van der Waals surface area contributed by atoms with Crippen molar-refractivity contribution in [3.8, 4) is 11.8 Å². The van der Waals surface area contributed by atoms with Crippen LogP contribution in [0.2, 0.25) is 0 Å². The summed E-state index contributed by atoms with van der Waals surface area (Å²) in [6.45, 7) is 0. The van der Waals surface area contributed by atoms with Gasteiger partial charge in [0, 0.05) is 10.7 Å². The molecule has 3 N–H and O–H groups in total. The van der Waals surface area contributed by atoms with Gasteiger partial charge in [0.25, 0.3) is 0 Å². The Bertz CT molecular complexity index is 634. The Hall–Kier alpha value is -1.67. The van der Waals surface area contributed by atoms with E-state index in [2.05, 4.69) is 47.0 Å². The Morgan fingerprint density at radius 3 is 2.79 bits per heavy atom. The average Bonchev–Trinajstić information content (AvgIpc) is 2.41. The molecule has 1 aromatic carbocycles. The van der Waals surface area contributed by atoms with Crippen molar-refractivity contribution in [2.24, 2.45) is 10.9 Å². The maximum atomic E-state index is 8.59. The summed E-state index contributed by atoms with van der Waals surface area (Å²) in [4.78, 5) is 7.98. The molecule has 0 aliphatic heterocycles. The van der Waals surface area contributed by atoms with Crippen LogP contribution in [0.4, 0.5) is 0 Å². The average molecular weight is 388 g/mol. The fourth-order valence-electron chi connectivity index (χ4n) is 1.24. The van der Waals surface area contributed by atoms with Gasteiger partial charge in [-0.3, -0.25) is 0 Å². The molecule has 0 amide bonds. The summed E-state index contributed by atoms with van der Waals surface area (Å²) in [6.07, 6.45) is 1.46. The van der Waals surface area contributed by atoms with Gasteiger partial charge in [0.05, 0.1) is 4.47 Å². The summed E-state index contributed by atoms with van der Waals surface area (Å²) >= 11 is 6.71. The van der Waals surface area contributed by atoms with Gasteiger partial charge in [-0.2, -0.15) is 4.98 Å². The lowest BCUT2D eigenvalue weighted by Crippen LogP contribution is -2.15. The smallest absolute Gasteiger partial charge is 0.322 e. The number of hydrogen-bond donors (Lipinski definition) is 2. The maximum Gasteiger partial charge on any atom is 0.322 e. The number of nitrogens with zero attached hydrogens (tertiary/aromatic N) is 3. The summed E-state index contributed by atoms with van der Waals surface area (Å²) < 4.78 is 7.18. The third kappa shape index (κ3) is 3.42. The molecule has 0 bridgehead atoms. The van der Waals surface area contributed by atoms with Gasteiger partial charge < -0.3 is 15.7 Å². The molecular formula is C11H8Br2N4O2. The van der Waals surface area contributed by atoms with Crippen LogP contribution in [-0.4, -0.2) is 21.0 Å². The second-order valence-electron chi connectivity index (χ2n) is 3.39. The minimum atomic E-state index is -0.109. The number of benzene rings is 1. The van der Waals surface area contributed by atoms with Crippen molar-refractivity contribution in [3.05, 3.63) is 45.1 Å². The highest BCUT2D eigenvalue weighted by molar-refractivity contribution is 9.11. The highest BCUT2D eigenvalue weighted by Crippen LogP contribution is 2.30. The number of ether oxygens (including phenoxy) is 1. The largest absolute Gasteiger partial charge is 0.423 e. The molecule has 0 aliphatic carbocycles. The number of hydrogen-bond acceptors (Lipinski definition) is 5. The number of rotatable bonds is 3. The molecule has 2 rings (SSSR count). The monoisotopic (exact) mass is 386 g/mol. The predicted molar refractivity (Wildman–Crippen MR) is 76.5 cm³/mol. The molecule has 8 heteroatoms. The van der Waals surface area contributed by atoms with Gasteiger partial charge in [-0.05, 0) is 40.2 Å². The fraction of sp³-hybridized carbons (Fsp3) is 0. The Labute approximate surface area is 125 Å². The first-order valence-electron chi connectivity index (χ1n) is 5.04. The SMILES string of the molecule is N/C(=N/O)c1ccnc(Oc2ccc(Br)cc2Br)n1. The standard InChI is InChI=1S/C11H8Br2N4O2/c12-6-1-2-9(7(13)5-6)19-11-15-4-3-8(16-11)10(14)17-18/h1-5,18H,(H2,14,17). The first-order valence-corrected chi connectivity index (χ1v) is 6.62. The summed E-state index contributed by atoms with van der Waals surface area (Å²) in [7, 11) is 0. The molecule has 0 atom stereocenters. The Kier molecular flexibility index (Phi) is 4.33. The predicted octanol–water partition coefficient (Wildman–Crippen LogP) is 2.89. The number of nitrogens with two attached hydrogens (primary N) is 1. The van der Waals surface area contributed by atoms with Gasteiger partial charge in [0.1, 0.15) is 11.4 Å². The lowest BCUT2D eigenvalue weighted by atomic mass is 10.3. The van der Waals surface area contributed by atoms with Crippen molar-refractivity contribution in [2.75, 3.05) is 0 Å². The first kappa shape index (κ1) is 13.8. The molecule has 19 heavy (non-hydrogen) atoms. The zero-order valence-corrected chi connectivity index (χ0v) is 12.6. The molecule has 0 fully saturated rings. The molecule has 0 saturated carbocycles. The van der Waals surface area contributed by atoms with Crippen LogP contribution >= 0.6 is 31.9 Å². The van der Waals surface area contributed by atoms with Gasteiger partial charge in [-0.15, -0.1) is 0 Å². The van der Waals surface area contributed by atoms with Gasteiger partial charge in [-0.1, -0.05) is 21.1 Å². The second kappa shape index (κ2) is 5.98. The van der Waals surface area contributed by atoms with Crippen LogP contribution in [0.1, 0.15) is 5.69 Å². The quantitative estimate of drug-likeness (QED) is 0.365. The van der Waals surface area contributed by atoms with Crippen LogP contribution < -0.4 is 10.5 Å². The van der Waals surface area contributed by atoms with E-state index in [1.54, 1.807) is 6.07 Å². The van der Waals surface area contributed by atoms with E-state index in [0.29, 0.717) is 5.75 Å². The van der Waals surface area contributed by atoms with Crippen molar-refractivity contribution in [3.63, 3.8) is 0 Å². The first-order chi connectivity index (χ1) is 9.10. The van der Waals surface area contributed by atoms with Crippen molar-refractivity contribution >= 4 is 37.7 Å². The van der Waals surface area contributed by atoms with Crippen LogP contribution in [-0.2, 0) is 0 Å². The Morgan fingerprint density at radius 1 is 1.32 bits per heavy atom. The zero-order chi connectivity index (χ0) is 13.8. The third-order valence-corrected chi connectivity index (χ3v) is 3.21. The van der Waals surface area contributed by atoms with Gasteiger partial charge in [0.2, 0.25) is 0 Å². The third-order valence-electron chi connectivity index (χ3n) is 2.10. The number of amidine groups is 1. The molecule has 98 valence electrons. The van der Waals surface area contributed by atoms with Crippen LogP contribution in [0, 0.1) is 0 Å². The minimum absolute atomic E-state index is 0.104. The van der Waals surface area contributed by atoms with Crippen LogP contribution in [0.3, 0.4) is 0 Å². The summed E-state index contributed by atoms with van der Waals surface area (Å²) in [5, 5.41) is 11.5. The zero-order valence-electron chi connectivity index (χ0n) is 9.42. The van der Waals surface area contributed by atoms with Gasteiger partial charge >= 0.3 is 6.01 Å². The van der Waals surface area contributed by atoms with E-state index >= 15 is 0 Å². The molecule has 0 unspecified atom stereocenters. The van der Waals surface area contributed by atoms with Crippen molar-refractivity contribution in [2.45, 2.75) is 0 Å². The van der Waals surface area contributed by atoms with E-state index in [1.807, 2.05) is 12.1 Å². The number of aromatic nitrogens is 2. The fourth-order valence-corrected chi connectivity index (χ4v) is 2.37. The molecule has 0 saturated heterocycles. The van der Waals surface area contributed by atoms with Gasteiger partial charge in [-0.25, -0.2) is 4.98 Å². The summed E-state index contributed by atoms with van der Waals surface area (Å²) in [5.41, 5.74) is 5.72. The van der Waals surface area contributed by atoms with Crippen LogP contribution in [0.5, 0.6) is 11.8 Å². The van der Waals surface area contributed by atoms with E-state index in [1.165, 1.54) is 12.3 Å². The molecule has 1 heterocycles. The lowest BCUT2D eigenvalue weighted by molar-refractivity contribution is 0.318. The van der Waals surface area contributed by atoms with E-state index < -0.39 is 0 Å². The normalized spacial score (nSPS) is 11.4. The Balaban J connectivity index is 2.28. The summed E-state index contributed by atoms with van der Waals surface area (Å²) in [6, 6.07) is 7.04. The molecular weight excluding hydrogens is 380 g/mol. The number of oxime groups is 1. The molecule has 2 aromatic rings. The topological polar surface area (TPSA) is 93.6 Å². The maximum absolute atomic E-state index is 8.59. The second-order valence-corrected chi connectivity index (χ2v) is 5.16. The summed E-state index contributed by atoms with van der Waals surface area (Å²) in [5.74, 6) is 0.446. The minimum Gasteiger partial charge on any atom is -0.423 e. The molecule has 0 radical (unpaired) electrons. The van der Waals surface area contributed by atoms with E-state index in [9.17, 15) is 0 Å². The number of halogens is 2. The lowest BCUT2D eigenvalue weighted by Gasteiger charge is -2.07. The highest BCUT2D eigenvalue weighted by Gasteiger charge is 2.08. The Morgan fingerprint density at radius 2 is 2.11 bits per heavy atom. The van der Waals surface area contributed by atoms with Crippen LogP contribution in [0.25, 0.3) is 0 Å². The highest BCUT2D eigenvalue weighted by atomic mass is 79.9. The molecule has 0 spiro atoms. The van der Waals surface area contributed by atoms with Crippen LogP contribution in [0.15, 0.2) is 44.6 Å². The van der Waals surface area contributed by atoms with E-state index in [-0.39, 0.29) is 17.5 Å². The molecule has 1 aromatic heterocycles. The van der Waals surface area contributed by atoms with Crippen molar-refractivity contribution in [1.29, 1.82) is 0 Å². The van der Waals surface area contributed by atoms with E-state index in [0.717, 1.165) is 8.95 Å². The molecule has 0 aliphatic rings. The van der Waals surface area contributed by atoms with Crippen molar-refractivity contribution in [1.82, 2.24) is 9.97 Å². The van der Waals surface area contributed by atoms with Gasteiger partial charge in [0.15, 0.2) is 5.84 Å².